The lowest BCUT2D eigenvalue weighted by Crippen LogP contribution is -2.51. The lowest BCUT2D eigenvalue weighted by atomic mass is 10.0. The van der Waals surface area contributed by atoms with E-state index in [1.807, 2.05) is 37.3 Å². The van der Waals surface area contributed by atoms with Crippen molar-refractivity contribution in [2.45, 2.75) is 23.8 Å². The normalized spacial score (nSPS) is 16.3. The van der Waals surface area contributed by atoms with Gasteiger partial charge in [-0.15, -0.1) is 0 Å². The van der Waals surface area contributed by atoms with E-state index in [1.54, 1.807) is 36.4 Å². The number of hydrogen-bond acceptors (Lipinski definition) is 5. The Morgan fingerprint density at radius 3 is 2.42 bits per heavy atom. The summed E-state index contributed by atoms with van der Waals surface area (Å²) in [5.74, 6) is 0.644. The molecule has 0 aliphatic carbocycles. The molecule has 0 bridgehead atoms. The Kier molecular flexibility index (Phi) is 6.55. The van der Waals surface area contributed by atoms with Gasteiger partial charge < -0.3 is 14.8 Å². The van der Waals surface area contributed by atoms with E-state index in [4.69, 9.17) is 9.47 Å². The van der Waals surface area contributed by atoms with Gasteiger partial charge in [0.1, 0.15) is 11.5 Å². The molecule has 7 nitrogen and oxygen atoms in total. The van der Waals surface area contributed by atoms with Crippen molar-refractivity contribution >= 4 is 21.6 Å². The van der Waals surface area contributed by atoms with Crippen LogP contribution < -0.4 is 19.1 Å². The molecule has 0 aromatic heterocycles. The fraction of sp³-hybridized carbons (Fsp3) is 0.240. The molecule has 4 rings (SSSR count). The van der Waals surface area contributed by atoms with Crippen LogP contribution in [0.15, 0.2) is 83.8 Å². The molecule has 0 saturated carbocycles. The maximum atomic E-state index is 13.5. The predicted octanol–water partition coefficient (Wildman–Crippen LogP) is 3.57. The molecule has 3 aromatic carbocycles. The molecular weight excluding hydrogens is 440 g/mol. The van der Waals surface area contributed by atoms with E-state index in [2.05, 4.69) is 5.32 Å². The number of anilines is 1. The summed E-state index contributed by atoms with van der Waals surface area (Å²) < 4.78 is 39.2. The second-order valence-corrected chi connectivity index (χ2v) is 9.71. The van der Waals surface area contributed by atoms with Crippen molar-refractivity contribution < 1.29 is 22.7 Å². The fourth-order valence-electron chi connectivity index (χ4n) is 3.71. The van der Waals surface area contributed by atoms with Crippen LogP contribution in [0.5, 0.6) is 11.5 Å². The third-order valence-electron chi connectivity index (χ3n) is 5.63. The summed E-state index contributed by atoms with van der Waals surface area (Å²) in [5.41, 5.74) is 1.51. The van der Waals surface area contributed by atoms with Crippen LogP contribution in [0.1, 0.15) is 18.4 Å². The highest BCUT2D eigenvalue weighted by molar-refractivity contribution is 7.92. The second kappa shape index (κ2) is 9.54. The Morgan fingerprint density at radius 2 is 1.73 bits per heavy atom. The van der Waals surface area contributed by atoms with Gasteiger partial charge in [-0.05, 0) is 47.9 Å². The average molecular weight is 467 g/mol. The average Bonchev–Trinajstić information content (AvgIpc) is 2.86. The van der Waals surface area contributed by atoms with Crippen LogP contribution in [0.4, 0.5) is 5.69 Å². The molecule has 8 heteroatoms. The van der Waals surface area contributed by atoms with Gasteiger partial charge in [-0.3, -0.25) is 9.10 Å². The number of carbonyl (C=O) groups excluding carboxylic acids is 1. The van der Waals surface area contributed by atoms with Gasteiger partial charge in [0, 0.05) is 6.54 Å². The van der Waals surface area contributed by atoms with Gasteiger partial charge >= 0.3 is 0 Å². The standard InChI is InChI=1S/C25H26N2O5S/c1-18(19-8-4-3-5-9-19)16-26-25(28)24-17-27(22-10-6-7-11-23(22)32-24)33(29,30)21-14-12-20(31-2)13-15-21/h3-15,18,24H,16-17H2,1-2H3,(H,26,28)/t18-,24+/m0/s1. The van der Waals surface area contributed by atoms with Crippen molar-refractivity contribution in [3.8, 4) is 11.5 Å². The number of ether oxygens (including phenoxy) is 2. The van der Waals surface area contributed by atoms with E-state index < -0.39 is 16.1 Å². The monoisotopic (exact) mass is 466 g/mol. The Labute approximate surface area is 194 Å². The first-order chi connectivity index (χ1) is 15.9. The lowest BCUT2D eigenvalue weighted by molar-refractivity contribution is -0.127. The molecule has 0 spiro atoms. The summed E-state index contributed by atoms with van der Waals surface area (Å²) in [6, 6.07) is 22.8. The Hall–Kier alpha value is -3.52. The highest BCUT2D eigenvalue weighted by Crippen LogP contribution is 2.37. The van der Waals surface area contributed by atoms with Gasteiger partial charge in [0.15, 0.2) is 6.10 Å². The zero-order chi connectivity index (χ0) is 23.4. The minimum atomic E-state index is -3.92. The van der Waals surface area contributed by atoms with Crippen molar-refractivity contribution in [1.82, 2.24) is 5.32 Å². The summed E-state index contributed by atoms with van der Waals surface area (Å²) >= 11 is 0. The number of carbonyl (C=O) groups is 1. The van der Waals surface area contributed by atoms with Crippen LogP contribution in [-0.4, -0.2) is 40.6 Å². The van der Waals surface area contributed by atoms with E-state index in [0.717, 1.165) is 5.56 Å². The van der Waals surface area contributed by atoms with Gasteiger partial charge in [0.05, 0.1) is 24.2 Å². The summed E-state index contributed by atoms with van der Waals surface area (Å²) in [5, 5.41) is 2.91. The van der Waals surface area contributed by atoms with Gasteiger partial charge in [-0.1, -0.05) is 49.4 Å². The molecule has 1 aliphatic heterocycles. The number of fused-ring (bicyclic) bond motifs is 1. The molecule has 0 unspecified atom stereocenters. The zero-order valence-corrected chi connectivity index (χ0v) is 19.3. The Morgan fingerprint density at radius 1 is 1.06 bits per heavy atom. The minimum absolute atomic E-state index is 0.102. The smallest absolute Gasteiger partial charge is 0.264 e. The van der Waals surface area contributed by atoms with Crippen molar-refractivity contribution in [3.05, 3.63) is 84.4 Å². The number of methoxy groups -OCH3 is 1. The number of para-hydroxylation sites is 2. The number of nitrogens with zero attached hydrogens (tertiary/aromatic N) is 1. The van der Waals surface area contributed by atoms with Crippen LogP contribution in [0.2, 0.25) is 0 Å². The zero-order valence-electron chi connectivity index (χ0n) is 18.5. The van der Waals surface area contributed by atoms with E-state index in [-0.39, 0.29) is 23.3 Å². The maximum Gasteiger partial charge on any atom is 0.264 e. The topological polar surface area (TPSA) is 84.9 Å². The molecule has 3 aromatic rings. The number of benzene rings is 3. The first kappa shape index (κ1) is 22.7. The summed E-state index contributed by atoms with van der Waals surface area (Å²) in [7, 11) is -2.41. The number of sulfonamides is 1. The molecule has 1 amide bonds. The SMILES string of the molecule is COc1ccc(S(=O)(=O)N2C[C@H](C(=O)NC[C@H](C)c3ccccc3)Oc3ccccc32)cc1. The molecule has 1 heterocycles. The molecule has 1 N–H and O–H groups in total. The number of amides is 1. The van der Waals surface area contributed by atoms with Crippen molar-refractivity contribution in [2.24, 2.45) is 0 Å². The quantitative estimate of drug-likeness (QED) is 0.575. The molecule has 33 heavy (non-hydrogen) atoms. The van der Waals surface area contributed by atoms with Crippen LogP contribution in [-0.2, 0) is 14.8 Å². The second-order valence-electron chi connectivity index (χ2n) is 7.84. The minimum Gasteiger partial charge on any atom is -0.497 e. The Balaban J connectivity index is 1.55. The first-order valence-electron chi connectivity index (χ1n) is 10.7. The van der Waals surface area contributed by atoms with E-state index in [0.29, 0.717) is 23.7 Å². The molecule has 0 saturated heterocycles. The molecule has 2 atom stereocenters. The van der Waals surface area contributed by atoms with E-state index >= 15 is 0 Å². The van der Waals surface area contributed by atoms with Gasteiger partial charge in [-0.2, -0.15) is 0 Å². The molecule has 172 valence electrons. The molecule has 1 aliphatic rings. The van der Waals surface area contributed by atoms with Crippen molar-refractivity contribution in [1.29, 1.82) is 0 Å². The van der Waals surface area contributed by atoms with Crippen molar-refractivity contribution in [2.75, 3.05) is 24.5 Å². The summed E-state index contributed by atoms with van der Waals surface area (Å²) in [4.78, 5) is 13.1. The third kappa shape index (κ3) is 4.80. The number of hydrogen-bond donors (Lipinski definition) is 1. The van der Waals surface area contributed by atoms with Crippen LogP contribution >= 0.6 is 0 Å². The largest absolute Gasteiger partial charge is 0.497 e. The van der Waals surface area contributed by atoms with Crippen LogP contribution in [0.3, 0.4) is 0 Å². The van der Waals surface area contributed by atoms with Crippen LogP contribution in [0.25, 0.3) is 0 Å². The third-order valence-corrected chi connectivity index (χ3v) is 7.42. The van der Waals surface area contributed by atoms with Crippen molar-refractivity contribution in [3.63, 3.8) is 0 Å². The Bertz CT molecular complexity index is 1210. The summed E-state index contributed by atoms with van der Waals surface area (Å²) in [6.45, 7) is 2.31. The summed E-state index contributed by atoms with van der Waals surface area (Å²) in [6.07, 6.45) is -0.976. The molecular formula is C25H26N2O5S. The predicted molar refractivity (Wildman–Crippen MR) is 126 cm³/mol. The highest BCUT2D eigenvalue weighted by Gasteiger charge is 2.37. The lowest BCUT2D eigenvalue weighted by Gasteiger charge is -2.34. The number of rotatable bonds is 7. The molecule has 0 radical (unpaired) electrons. The van der Waals surface area contributed by atoms with Crippen LogP contribution in [0, 0.1) is 0 Å². The van der Waals surface area contributed by atoms with Gasteiger partial charge in [0.25, 0.3) is 15.9 Å². The van der Waals surface area contributed by atoms with Gasteiger partial charge in [-0.25, -0.2) is 8.42 Å². The first-order valence-corrected chi connectivity index (χ1v) is 12.1. The maximum absolute atomic E-state index is 13.5. The molecule has 0 fully saturated rings. The number of nitrogens with one attached hydrogen (secondary N) is 1. The highest BCUT2D eigenvalue weighted by atomic mass is 32.2. The van der Waals surface area contributed by atoms with Gasteiger partial charge in [0.2, 0.25) is 0 Å². The fourth-order valence-corrected chi connectivity index (χ4v) is 5.18. The van der Waals surface area contributed by atoms with E-state index in [9.17, 15) is 13.2 Å². The van der Waals surface area contributed by atoms with E-state index in [1.165, 1.54) is 23.5 Å².